The molecule has 1 aliphatic heterocycles. The van der Waals surface area contributed by atoms with Crippen molar-refractivity contribution in [2.24, 2.45) is 0 Å². The van der Waals surface area contributed by atoms with Gasteiger partial charge in [0.05, 0.1) is 12.6 Å². The average Bonchev–Trinajstić information content (AvgIpc) is 3.32. The number of hydrogen-bond acceptors (Lipinski definition) is 10. The van der Waals surface area contributed by atoms with E-state index in [1.807, 2.05) is 0 Å². The first-order valence-electron chi connectivity index (χ1n) is 9.95. The van der Waals surface area contributed by atoms with E-state index in [9.17, 15) is 43.5 Å². The van der Waals surface area contributed by atoms with Crippen molar-refractivity contribution in [1.29, 1.82) is 0 Å². The largest absolute Gasteiger partial charge is 0.421 e. The molecule has 0 aliphatic carbocycles. The Balaban J connectivity index is 1.92. The minimum atomic E-state index is -5.63. The van der Waals surface area contributed by atoms with Gasteiger partial charge >= 0.3 is 24.5 Å². The topological polar surface area (TPSA) is 159 Å². The first-order chi connectivity index (χ1) is 16.4. The lowest BCUT2D eigenvalue weighted by Gasteiger charge is -2.41. The molecule has 0 spiro atoms. The van der Waals surface area contributed by atoms with E-state index in [0.29, 0.717) is 6.92 Å². The summed E-state index contributed by atoms with van der Waals surface area (Å²) in [6.45, 7) is -0.861. The molecule has 202 valence electrons. The van der Waals surface area contributed by atoms with Gasteiger partial charge in [0, 0.05) is 25.3 Å². The van der Waals surface area contributed by atoms with Gasteiger partial charge in [-0.1, -0.05) is 18.2 Å². The number of sulfonamides is 1. The summed E-state index contributed by atoms with van der Waals surface area (Å²) in [7, 11) is -15.1. The number of thiophene rings is 1. The van der Waals surface area contributed by atoms with E-state index in [-0.39, 0.29) is 29.5 Å². The summed E-state index contributed by atoms with van der Waals surface area (Å²) in [6.07, 6.45) is -4.96. The van der Waals surface area contributed by atoms with Crippen molar-refractivity contribution in [3.8, 4) is 0 Å². The lowest BCUT2D eigenvalue weighted by atomic mass is 9.95. The van der Waals surface area contributed by atoms with Gasteiger partial charge in [-0.25, -0.2) is 8.42 Å². The highest BCUT2D eigenvalue weighted by molar-refractivity contribution is 8.63. The second-order valence-electron chi connectivity index (χ2n) is 7.88. The molecule has 0 bridgehead atoms. The highest BCUT2D eigenvalue weighted by atomic mass is 33.2. The van der Waals surface area contributed by atoms with E-state index in [1.165, 1.54) is 29.2 Å². The zero-order valence-corrected chi connectivity index (χ0v) is 21.6. The van der Waals surface area contributed by atoms with Gasteiger partial charge in [0.2, 0.25) is 0 Å². The van der Waals surface area contributed by atoms with E-state index in [0.717, 1.165) is 27.8 Å². The summed E-state index contributed by atoms with van der Waals surface area (Å²) in [5, 5.41) is 11.4. The highest BCUT2D eigenvalue weighted by Crippen LogP contribution is 2.39. The van der Waals surface area contributed by atoms with Gasteiger partial charge in [-0.3, -0.25) is 8.74 Å². The van der Waals surface area contributed by atoms with Crippen LogP contribution in [0.3, 0.4) is 0 Å². The van der Waals surface area contributed by atoms with Gasteiger partial charge in [0.15, 0.2) is 5.60 Å². The molecule has 1 fully saturated rings. The quantitative estimate of drug-likeness (QED) is 0.339. The van der Waals surface area contributed by atoms with Crippen LogP contribution >= 0.6 is 11.3 Å². The number of benzene rings is 1. The molecule has 1 unspecified atom stereocenters. The Morgan fingerprint density at radius 3 is 2.17 bits per heavy atom. The Bertz CT molecular complexity index is 1390. The predicted molar refractivity (Wildman–Crippen MR) is 123 cm³/mol. The van der Waals surface area contributed by atoms with Crippen LogP contribution in [-0.2, 0) is 38.1 Å². The normalized spacial score (nSPS) is 20.3. The lowest BCUT2D eigenvalue weighted by Crippen LogP contribution is -2.56. The number of alkyl halides is 3. The standard InChI is InChI=1S/C18H21F3N2O9S4/c1-17(24,18(19,20)21)13-4-6-14(7-5-13)23-9-8-22(34(25,26)16-3-2-10-33-16)11-15(23)12-32-36(30,31)35(27,28)29/h2-7,10,15,24H,8-9,11-12H2,1H3,(H,27,28,29)/t15-,17?/m1/s1. The molecule has 1 aromatic carbocycles. The second kappa shape index (κ2) is 9.82. The Labute approximate surface area is 209 Å². The second-order valence-corrected chi connectivity index (χ2v) is 15.4. The summed E-state index contributed by atoms with van der Waals surface area (Å²) < 4.78 is 125. The molecule has 11 nitrogen and oxygen atoms in total. The number of halogens is 3. The molecule has 0 radical (unpaired) electrons. The third kappa shape index (κ3) is 5.69. The van der Waals surface area contributed by atoms with Crippen LogP contribution in [0.4, 0.5) is 18.9 Å². The van der Waals surface area contributed by atoms with Crippen LogP contribution < -0.4 is 4.90 Å². The maximum Gasteiger partial charge on any atom is 0.421 e. The number of nitrogens with zero attached hydrogens (tertiary/aromatic N) is 2. The van der Waals surface area contributed by atoms with Gasteiger partial charge in [0.1, 0.15) is 4.21 Å². The van der Waals surface area contributed by atoms with Crippen molar-refractivity contribution in [3.05, 3.63) is 47.3 Å². The fraction of sp³-hybridized carbons (Fsp3) is 0.444. The molecule has 2 N–H and O–H groups in total. The van der Waals surface area contributed by atoms with Crippen molar-refractivity contribution in [2.45, 2.75) is 29.0 Å². The predicted octanol–water partition coefficient (Wildman–Crippen LogP) is 1.55. The van der Waals surface area contributed by atoms with Gasteiger partial charge < -0.3 is 10.0 Å². The molecule has 1 saturated heterocycles. The Morgan fingerprint density at radius 1 is 1.06 bits per heavy atom. The number of anilines is 1. The van der Waals surface area contributed by atoms with Crippen molar-refractivity contribution in [3.63, 3.8) is 0 Å². The molecule has 3 rings (SSSR count). The van der Waals surface area contributed by atoms with Crippen LogP contribution in [0.25, 0.3) is 0 Å². The minimum absolute atomic E-state index is 0.0138. The zero-order valence-electron chi connectivity index (χ0n) is 18.4. The van der Waals surface area contributed by atoms with Crippen LogP contribution in [-0.4, -0.2) is 77.7 Å². The van der Waals surface area contributed by atoms with Crippen molar-refractivity contribution in [2.75, 3.05) is 31.1 Å². The molecule has 2 atom stereocenters. The van der Waals surface area contributed by atoms with E-state index in [2.05, 4.69) is 4.18 Å². The summed E-state index contributed by atoms with van der Waals surface area (Å²) in [4.78, 5) is 1.42. The molecule has 1 aromatic heterocycles. The van der Waals surface area contributed by atoms with Crippen LogP contribution in [0.2, 0.25) is 0 Å². The molecular weight excluding hydrogens is 573 g/mol. The van der Waals surface area contributed by atoms with Gasteiger partial charge in [-0.2, -0.15) is 34.3 Å². The third-order valence-corrected chi connectivity index (χ3v) is 11.5. The van der Waals surface area contributed by atoms with Crippen molar-refractivity contribution < 1.29 is 52.3 Å². The molecule has 2 heterocycles. The maximum atomic E-state index is 13.2. The van der Waals surface area contributed by atoms with E-state index < -0.39 is 58.3 Å². The number of hydrogen-bond donors (Lipinski definition) is 2. The third-order valence-electron chi connectivity index (χ3n) is 5.51. The van der Waals surface area contributed by atoms with Crippen LogP contribution in [0.1, 0.15) is 12.5 Å². The summed E-state index contributed by atoms with van der Waals surface area (Å²) in [5.74, 6) is 0. The molecule has 36 heavy (non-hydrogen) atoms. The Morgan fingerprint density at radius 2 is 1.67 bits per heavy atom. The highest BCUT2D eigenvalue weighted by Gasteiger charge is 2.51. The van der Waals surface area contributed by atoms with E-state index in [4.69, 9.17) is 4.55 Å². The minimum Gasteiger partial charge on any atom is -0.376 e. The molecule has 18 heteroatoms. The lowest BCUT2D eigenvalue weighted by molar-refractivity contribution is -0.258. The zero-order chi connectivity index (χ0) is 27.2. The van der Waals surface area contributed by atoms with Crippen molar-refractivity contribution in [1.82, 2.24) is 4.31 Å². The summed E-state index contributed by atoms with van der Waals surface area (Å²) >= 11 is 0.950. The van der Waals surface area contributed by atoms with Gasteiger partial charge in [-0.15, -0.1) is 11.3 Å². The van der Waals surface area contributed by atoms with E-state index in [1.54, 1.807) is 5.38 Å². The molecule has 1 aliphatic rings. The first kappa shape index (κ1) is 28.8. The monoisotopic (exact) mass is 594 g/mol. The van der Waals surface area contributed by atoms with Gasteiger partial charge in [0.25, 0.3) is 10.0 Å². The smallest absolute Gasteiger partial charge is 0.376 e. The van der Waals surface area contributed by atoms with Crippen LogP contribution in [0, 0.1) is 0 Å². The maximum absolute atomic E-state index is 13.2. The number of rotatable bonds is 8. The average molecular weight is 595 g/mol. The fourth-order valence-corrected chi connectivity index (χ4v) is 7.02. The molecule has 0 amide bonds. The van der Waals surface area contributed by atoms with Crippen LogP contribution in [0.5, 0.6) is 0 Å². The van der Waals surface area contributed by atoms with Crippen LogP contribution in [0.15, 0.2) is 46.0 Å². The number of aliphatic hydroxyl groups is 1. The fourth-order valence-electron chi connectivity index (χ4n) is 3.43. The first-order valence-corrected chi connectivity index (χ1v) is 15.6. The SMILES string of the molecule is CC(O)(c1ccc(N2CCN(S(=O)(=O)c3cccs3)C[C@@H]2COS(=O)(=O)S(=O)(=O)O)cc1)C(F)(F)F. The number of piperazine rings is 1. The summed E-state index contributed by atoms with van der Waals surface area (Å²) in [5.41, 5.74) is -3.40. The Kier molecular flexibility index (Phi) is 7.85. The summed E-state index contributed by atoms with van der Waals surface area (Å²) in [6, 6.07) is 6.19. The van der Waals surface area contributed by atoms with Crippen molar-refractivity contribution >= 4 is 45.3 Å². The Hall–Kier alpha value is -1.80. The molecule has 0 saturated carbocycles. The van der Waals surface area contributed by atoms with Gasteiger partial charge in [-0.05, 0) is 36.1 Å². The molecular formula is C18H21F3N2O9S4. The van der Waals surface area contributed by atoms with E-state index >= 15 is 0 Å². The molecule has 2 aromatic rings.